The van der Waals surface area contributed by atoms with E-state index in [1.54, 1.807) is 0 Å². The molecule has 2 aliphatic heterocycles. The van der Waals surface area contributed by atoms with Crippen molar-refractivity contribution in [3.8, 4) is 0 Å². The largest absolute Gasteiger partial charge is 0.256 e. The quantitative estimate of drug-likeness (QED) is 0.620. The van der Waals surface area contributed by atoms with E-state index >= 15 is 0 Å². The summed E-state index contributed by atoms with van der Waals surface area (Å²) in [5.41, 5.74) is 1.22. The monoisotopic (exact) mass is 199 g/mol. The average Bonchev–Trinajstić information content (AvgIpc) is 2.55. The highest BCUT2D eigenvalue weighted by atomic mass is 32.2. The first kappa shape index (κ1) is 8.06. The van der Waals surface area contributed by atoms with Crippen molar-refractivity contribution in [2.45, 2.75) is 4.90 Å². The van der Waals surface area contributed by atoms with Crippen molar-refractivity contribution in [1.29, 1.82) is 0 Å². The van der Waals surface area contributed by atoms with E-state index in [0.29, 0.717) is 0 Å². The minimum Gasteiger partial charge on any atom is -0.256 e. The van der Waals surface area contributed by atoms with Gasteiger partial charge in [-0.05, 0) is 12.1 Å². The van der Waals surface area contributed by atoms with Crippen LogP contribution in [0.4, 0.5) is 0 Å². The average molecular weight is 199 g/mol. The number of benzene rings is 1. The Kier molecular flexibility index (Phi) is 1.81. The SMILES string of the molecule is C1=CN=c2c(ccc3c2=CCS3)C=C1. The standard InChI is InChI=1S/C12H9NS/c1-2-7-13-12-9(3-1)4-5-11-10(12)6-8-14-11/h1-7H,8H2. The van der Waals surface area contributed by atoms with Crippen LogP contribution < -0.4 is 10.6 Å². The third kappa shape index (κ3) is 1.15. The molecule has 2 heteroatoms. The van der Waals surface area contributed by atoms with E-state index in [1.165, 1.54) is 15.7 Å². The Balaban J connectivity index is 2.47. The van der Waals surface area contributed by atoms with Crippen molar-refractivity contribution in [3.05, 3.63) is 46.6 Å². The summed E-state index contributed by atoms with van der Waals surface area (Å²) < 4.78 is 0. The van der Waals surface area contributed by atoms with Crippen LogP contribution in [-0.2, 0) is 0 Å². The summed E-state index contributed by atoms with van der Waals surface area (Å²) in [4.78, 5) is 5.83. The molecule has 0 aliphatic carbocycles. The molecule has 0 atom stereocenters. The Morgan fingerprint density at radius 2 is 2.21 bits per heavy atom. The maximum absolute atomic E-state index is 4.47. The molecule has 2 aliphatic rings. The molecule has 1 nitrogen and oxygen atoms in total. The molecule has 0 fully saturated rings. The van der Waals surface area contributed by atoms with Gasteiger partial charge in [0.25, 0.3) is 0 Å². The molecule has 14 heavy (non-hydrogen) atoms. The zero-order valence-corrected chi connectivity index (χ0v) is 8.42. The zero-order valence-electron chi connectivity index (χ0n) is 7.60. The van der Waals surface area contributed by atoms with Crippen molar-refractivity contribution in [1.82, 2.24) is 0 Å². The van der Waals surface area contributed by atoms with Gasteiger partial charge in [-0.1, -0.05) is 24.3 Å². The van der Waals surface area contributed by atoms with Crippen LogP contribution in [0.1, 0.15) is 5.56 Å². The van der Waals surface area contributed by atoms with Gasteiger partial charge in [-0.2, -0.15) is 0 Å². The third-order valence-electron chi connectivity index (χ3n) is 2.41. The molecule has 0 bridgehead atoms. The van der Waals surface area contributed by atoms with Crippen molar-refractivity contribution < 1.29 is 0 Å². The van der Waals surface area contributed by atoms with Crippen molar-refractivity contribution >= 4 is 23.9 Å². The van der Waals surface area contributed by atoms with E-state index in [-0.39, 0.29) is 0 Å². The number of hydrogen-bond donors (Lipinski definition) is 0. The van der Waals surface area contributed by atoms with Gasteiger partial charge >= 0.3 is 0 Å². The first-order valence-electron chi connectivity index (χ1n) is 4.62. The number of nitrogens with zero attached hydrogens (tertiary/aromatic N) is 1. The zero-order chi connectivity index (χ0) is 9.38. The van der Waals surface area contributed by atoms with Gasteiger partial charge < -0.3 is 0 Å². The molecule has 0 N–H and O–H groups in total. The second-order valence-electron chi connectivity index (χ2n) is 3.26. The predicted molar refractivity (Wildman–Crippen MR) is 60.6 cm³/mol. The summed E-state index contributed by atoms with van der Waals surface area (Å²) in [6.07, 6.45) is 10.2. The van der Waals surface area contributed by atoms with E-state index in [1.807, 2.05) is 30.1 Å². The molecule has 0 unspecified atom stereocenters. The van der Waals surface area contributed by atoms with Crippen LogP contribution in [0.5, 0.6) is 0 Å². The first-order valence-corrected chi connectivity index (χ1v) is 5.61. The number of allylic oxidation sites excluding steroid dienone is 2. The number of fused-ring (bicyclic) bond motifs is 3. The smallest absolute Gasteiger partial charge is 0.0782 e. The maximum Gasteiger partial charge on any atom is 0.0782 e. The molecular formula is C12H9NS. The van der Waals surface area contributed by atoms with Crippen LogP contribution in [-0.4, -0.2) is 5.75 Å². The highest BCUT2D eigenvalue weighted by Gasteiger charge is 2.07. The lowest BCUT2D eigenvalue weighted by atomic mass is 10.1. The Morgan fingerprint density at radius 1 is 1.21 bits per heavy atom. The second-order valence-corrected chi connectivity index (χ2v) is 4.32. The fourth-order valence-electron chi connectivity index (χ4n) is 1.75. The molecule has 0 radical (unpaired) electrons. The predicted octanol–water partition coefficient (Wildman–Crippen LogP) is 1.73. The fourth-order valence-corrected chi connectivity index (χ4v) is 2.68. The molecular weight excluding hydrogens is 190 g/mol. The summed E-state index contributed by atoms with van der Waals surface area (Å²) in [6, 6.07) is 4.33. The van der Waals surface area contributed by atoms with Crippen LogP contribution in [0, 0.1) is 0 Å². The van der Waals surface area contributed by atoms with Crippen molar-refractivity contribution in [2.24, 2.45) is 4.99 Å². The Labute approximate surface area is 86.6 Å². The van der Waals surface area contributed by atoms with Gasteiger partial charge in [0.05, 0.1) is 5.36 Å². The van der Waals surface area contributed by atoms with Crippen LogP contribution >= 0.6 is 11.8 Å². The van der Waals surface area contributed by atoms with Crippen LogP contribution in [0.2, 0.25) is 0 Å². The van der Waals surface area contributed by atoms with Gasteiger partial charge in [0.1, 0.15) is 0 Å². The highest BCUT2D eigenvalue weighted by molar-refractivity contribution is 7.99. The van der Waals surface area contributed by atoms with Gasteiger partial charge in [-0.25, -0.2) is 0 Å². The summed E-state index contributed by atoms with van der Waals surface area (Å²) >= 11 is 1.88. The minimum absolute atomic E-state index is 1.08. The Bertz CT molecular complexity index is 552. The normalized spacial score (nSPS) is 16.6. The van der Waals surface area contributed by atoms with Crippen molar-refractivity contribution in [2.75, 3.05) is 5.75 Å². The van der Waals surface area contributed by atoms with Crippen LogP contribution in [0.3, 0.4) is 0 Å². The number of rotatable bonds is 0. The third-order valence-corrected chi connectivity index (χ3v) is 3.41. The van der Waals surface area contributed by atoms with E-state index in [2.05, 4.69) is 29.3 Å². The fraction of sp³-hybridized carbons (Fsp3) is 0.0833. The molecule has 3 rings (SSSR count). The molecule has 68 valence electrons. The van der Waals surface area contributed by atoms with Crippen molar-refractivity contribution in [3.63, 3.8) is 0 Å². The van der Waals surface area contributed by atoms with Gasteiger partial charge in [-0.15, -0.1) is 11.8 Å². The topological polar surface area (TPSA) is 12.4 Å². The molecule has 2 heterocycles. The lowest BCUT2D eigenvalue weighted by Crippen LogP contribution is -2.27. The van der Waals surface area contributed by atoms with Gasteiger partial charge in [0, 0.05) is 27.6 Å². The Morgan fingerprint density at radius 3 is 3.21 bits per heavy atom. The molecule has 0 saturated carbocycles. The number of thioether (sulfide) groups is 1. The molecule has 0 amide bonds. The van der Waals surface area contributed by atoms with Crippen LogP contribution in [0.25, 0.3) is 12.2 Å². The van der Waals surface area contributed by atoms with Gasteiger partial charge in [0.2, 0.25) is 0 Å². The lowest BCUT2D eigenvalue weighted by molar-refractivity contribution is 1.23. The van der Waals surface area contributed by atoms with Gasteiger partial charge in [0.15, 0.2) is 0 Å². The molecule has 0 aromatic heterocycles. The minimum atomic E-state index is 1.08. The van der Waals surface area contributed by atoms with E-state index in [0.717, 1.165) is 11.1 Å². The van der Waals surface area contributed by atoms with E-state index in [4.69, 9.17) is 0 Å². The highest BCUT2D eigenvalue weighted by Crippen LogP contribution is 2.17. The van der Waals surface area contributed by atoms with Gasteiger partial charge in [-0.3, -0.25) is 4.99 Å². The Hall–Kier alpha value is -1.28. The lowest BCUT2D eigenvalue weighted by Gasteiger charge is -1.97. The van der Waals surface area contributed by atoms with Crippen LogP contribution in [0.15, 0.2) is 40.4 Å². The summed E-state index contributed by atoms with van der Waals surface area (Å²) in [7, 11) is 0. The number of hydrogen-bond acceptors (Lipinski definition) is 2. The van der Waals surface area contributed by atoms with E-state index < -0.39 is 0 Å². The molecule has 0 spiro atoms. The second kappa shape index (κ2) is 3.14. The molecule has 1 aromatic carbocycles. The molecule has 0 saturated heterocycles. The van der Waals surface area contributed by atoms with E-state index in [9.17, 15) is 0 Å². The summed E-state index contributed by atoms with van der Waals surface area (Å²) in [5, 5.41) is 2.43. The maximum atomic E-state index is 4.47. The molecule has 1 aromatic rings. The summed E-state index contributed by atoms with van der Waals surface area (Å²) in [6.45, 7) is 0. The summed E-state index contributed by atoms with van der Waals surface area (Å²) in [5.74, 6) is 1.08. The first-order chi connectivity index (χ1) is 6.95.